The summed E-state index contributed by atoms with van der Waals surface area (Å²) in [6.45, 7) is 0. The first-order chi connectivity index (χ1) is 8.63. The summed E-state index contributed by atoms with van der Waals surface area (Å²) in [5.74, 6) is 0.810. The van der Waals surface area contributed by atoms with Crippen molar-refractivity contribution in [2.24, 2.45) is 7.05 Å². The Morgan fingerprint density at radius 3 is 2.83 bits per heavy atom. The molecule has 0 aliphatic heterocycles. The lowest BCUT2D eigenvalue weighted by molar-refractivity contribution is 0.373. The number of ether oxygens (including phenoxy) is 1. The molecule has 0 saturated heterocycles. The van der Waals surface area contributed by atoms with Crippen LogP contribution in [0.15, 0.2) is 12.3 Å². The molecule has 0 fully saturated rings. The minimum atomic E-state index is -0.557. The second-order valence-electron chi connectivity index (χ2n) is 3.46. The van der Waals surface area contributed by atoms with Crippen LogP contribution in [0.25, 0.3) is 0 Å². The van der Waals surface area contributed by atoms with Gasteiger partial charge in [-0.2, -0.15) is 10.1 Å². The van der Waals surface area contributed by atoms with E-state index in [1.54, 1.807) is 20.2 Å². The zero-order valence-corrected chi connectivity index (χ0v) is 10.2. The maximum Gasteiger partial charge on any atom is 0.224 e. The molecule has 2 rings (SSSR count). The van der Waals surface area contributed by atoms with Crippen LogP contribution in [0, 0.1) is 5.82 Å². The maximum atomic E-state index is 13.5. The van der Waals surface area contributed by atoms with Crippen molar-refractivity contribution in [2.75, 3.05) is 24.8 Å². The van der Waals surface area contributed by atoms with Crippen LogP contribution >= 0.6 is 0 Å². The van der Waals surface area contributed by atoms with E-state index < -0.39 is 5.82 Å². The zero-order valence-electron chi connectivity index (χ0n) is 10.2. The Balaban J connectivity index is 2.27. The average Bonchev–Trinajstić information content (AvgIpc) is 2.72. The third kappa shape index (κ3) is 2.31. The van der Waals surface area contributed by atoms with E-state index in [0.29, 0.717) is 17.6 Å². The van der Waals surface area contributed by atoms with Crippen LogP contribution in [-0.2, 0) is 7.05 Å². The first kappa shape index (κ1) is 12.1. The number of aromatic nitrogens is 4. The van der Waals surface area contributed by atoms with Gasteiger partial charge in [0.05, 0.1) is 13.3 Å². The first-order valence-electron chi connectivity index (χ1n) is 5.19. The minimum absolute atomic E-state index is 0.0510. The van der Waals surface area contributed by atoms with Gasteiger partial charge in [0.1, 0.15) is 0 Å². The molecule has 2 aromatic rings. The van der Waals surface area contributed by atoms with Gasteiger partial charge in [-0.3, -0.25) is 0 Å². The van der Waals surface area contributed by atoms with Crippen LogP contribution in [0.1, 0.15) is 0 Å². The summed E-state index contributed by atoms with van der Waals surface area (Å²) >= 11 is 0. The van der Waals surface area contributed by atoms with Gasteiger partial charge >= 0.3 is 0 Å². The Hall–Kier alpha value is -2.38. The number of nitrogens with zero attached hydrogens (tertiary/aromatic N) is 4. The van der Waals surface area contributed by atoms with E-state index in [9.17, 15) is 4.39 Å². The van der Waals surface area contributed by atoms with E-state index in [0.717, 1.165) is 6.20 Å². The number of hydrogen-bond donors (Lipinski definition) is 2. The molecule has 0 aliphatic carbocycles. The Morgan fingerprint density at radius 2 is 2.22 bits per heavy atom. The smallest absolute Gasteiger partial charge is 0.224 e. The molecule has 0 unspecified atom stereocenters. The predicted octanol–water partition coefficient (Wildman–Crippen LogP) is 1.14. The van der Waals surface area contributed by atoms with Gasteiger partial charge in [-0.05, 0) is 0 Å². The van der Waals surface area contributed by atoms with E-state index >= 15 is 0 Å². The van der Waals surface area contributed by atoms with Crippen molar-refractivity contribution in [2.45, 2.75) is 0 Å². The lowest BCUT2D eigenvalue weighted by Crippen LogP contribution is -2.03. The van der Waals surface area contributed by atoms with Crippen molar-refractivity contribution in [3.63, 3.8) is 0 Å². The average molecular weight is 252 g/mol. The SMILES string of the molecule is CNc1ncc(F)c(Nc2cc(OC)n(C)n2)n1. The van der Waals surface area contributed by atoms with Gasteiger partial charge in [0, 0.05) is 20.2 Å². The fraction of sp³-hybridized carbons (Fsp3) is 0.300. The van der Waals surface area contributed by atoms with Gasteiger partial charge in [-0.15, -0.1) is 0 Å². The minimum Gasteiger partial charge on any atom is -0.481 e. The number of halogens is 1. The molecule has 0 spiro atoms. The van der Waals surface area contributed by atoms with Gasteiger partial charge in [0.2, 0.25) is 11.8 Å². The molecule has 7 nitrogen and oxygen atoms in total. The normalized spacial score (nSPS) is 10.2. The molecule has 0 saturated carbocycles. The maximum absolute atomic E-state index is 13.5. The van der Waals surface area contributed by atoms with Crippen LogP contribution in [0.5, 0.6) is 5.88 Å². The monoisotopic (exact) mass is 252 g/mol. The van der Waals surface area contributed by atoms with Crippen molar-refractivity contribution < 1.29 is 9.13 Å². The Labute approximate surface area is 103 Å². The highest BCUT2D eigenvalue weighted by Gasteiger charge is 2.10. The van der Waals surface area contributed by atoms with Gasteiger partial charge < -0.3 is 15.4 Å². The van der Waals surface area contributed by atoms with Crippen LogP contribution in [0.3, 0.4) is 0 Å². The van der Waals surface area contributed by atoms with E-state index in [4.69, 9.17) is 4.74 Å². The van der Waals surface area contributed by atoms with Crippen molar-refractivity contribution >= 4 is 17.6 Å². The lowest BCUT2D eigenvalue weighted by atomic mass is 10.5. The highest BCUT2D eigenvalue weighted by atomic mass is 19.1. The highest BCUT2D eigenvalue weighted by molar-refractivity contribution is 5.54. The molecule has 0 bridgehead atoms. The van der Waals surface area contributed by atoms with E-state index in [1.807, 2.05) is 0 Å². The van der Waals surface area contributed by atoms with E-state index in [1.165, 1.54) is 11.8 Å². The van der Waals surface area contributed by atoms with E-state index in [-0.39, 0.29) is 5.82 Å². The second-order valence-corrected chi connectivity index (χ2v) is 3.46. The second kappa shape index (κ2) is 4.86. The quantitative estimate of drug-likeness (QED) is 0.849. The van der Waals surface area contributed by atoms with Gasteiger partial charge in [-0.1, -0.05) is 0 Å². The number of anilines is 3. The van der Waals surface area contributed by atoms with Crippen molar-refractivity contribution in [3.8, 4) is 5.88 Å². The Bertz CT molecular complexity index is 555. The number of aryl methyl sites for hydroxylation is 1. The molecule has 2 aromatic heterocycles. The third-order valence-electron chi connectivity index (χ3n) is 2.26. The molecule has 0 atom stereocenters. The zero-order chi connectivity index (χ0) is 13.1. The predicted molar refractivity (Wildman–Crippen MR) is 64.6 cm³/mol. The summed E-state index contributed by atoms with van der Waals surface area (Å²) in [6.07, 6.45) is 1.08. The largest absolute Gasteiger partial charge is 0.481 e. The molecule has 96 valence electrons. The van der Waals surface area contributed by atoms with Crippen molar-refractivity contribution in [1.82, 2.24) is 19.7 Å². The summed E-state index contributed by atoms with van der Waals surface area (Å²) < 4.78 is 20.1. The summed E-state index contributed by atoms with van der Waals surface area (Å²) in [5.41, 5.74) is 0. The van der Waals surface area contributed by atoms with Gasteiger partial charge in [0.25, 0.3) is 0 Å². The molecule has 2 N–H and O–H groups in total. The number of methoxy groups -OCH3 is 1. The number of hydrogen-bond acceptors (Lipinski definition) is 6. The summed E-state index contributed by atoms with van der Waals surface area (Å²) in [4.78, 5) is 7.70. The third-order valence-corrected chi connectivity index (χ3v) is 2.26. The Morgan fingerprint density at radius 1 is 1.44 bits per heavy atom. The molecule has 2 heterocycles. The Kier molecular flexibility index (Phi) is 3.26. The van der Waals surface area contributed by atoms with Crippen LogP contribution < -0.4 is 15.4 Å². The molecule has 0 amide bonds. The summed E-state index contributed by atoms with van der Waals surface area (Å²) in [5, 5.41) is 9.60. The highest BCUT2D eigenvalue weighted by Crippen LogP contribution is 2.20. The molecule has 0 radical (unpaired) electrons. The lowest BCUT2D eigenvalue weighted by Gasteiger charge is -2.04. The summed E-state index contributed by atoms with van der Waals surface area (Å²) in [6, 6.07) is 1.64. The van der Waals surface area contributed by atoms with Crippen LogP contribution in [0.4, 0.5) is 22.0 Å². The number of rotatable bonds is 4. The fourth-order valence-electron chi connectivity index (χ4n) is 1.40. The van der Waals surface area contributed by atoms with Crippen LogP contribution in [0.2, 0.25) is 0 Å². The topological polar surface area (TPSA) is 76.9 Å². The molecule has 8 heteroatoms. The molecule has 0 aromatic carbocycles. The molecular weight excluding hydrogens is 239 g/mol. The van der Waals surface area contributed by atoms with E-state index in [2.05, 4.69) is 25.7 Å². The van der Waals surface area contributed by atoms with Crippen molar-refractivity contribution in [1.29, 1.82) is 0 Å². The molecule has 0 aliphatic rings. The fourth-order valence-corrected chi connectivity index (χ4v) is 1.40. The molecule has 18 heavy (non-hydrogen) atoms. The van der Waals surface area contributed by atoms with Gasteiger partial charge in [0.15, 0.2) is 17.5 Å². The summed E-state index contributed by atoms with van der Waals surface area (Å²) in [7, 11) is 4.91. The first-order valence-corrected chi connectivity index (χ1v) is 5.19. The van der Waals surface area contributed by atoms with Crippen LogP contribution in [-0.4, -0.2) is 33.9 Å². The van der Waals surface area contributed by atoms with Gasteiger partial charge in [-0.25, -0.2) is 14.1 Å². The number of nitrogens with one attached hydrogen (secondary N) is 2. The van der Waals surface area contributed by atoms with Crippen molar-refractivity contribution in [3.05, 3.63) is 18.1 Å². The molecular formula is C10H13FN6O. The standard InChI is InChI=1S/C10H13FN6O/c1-12-10-13-5-6(11)9(15-10)14-7-4-8(18-3)17(2)16-7/h4-5H,1-3H3,(H2,12,13,14,15,16).